The van der Waals surface area contributed by atoms with Crippen molar-refractivity contribution in [2.75, 3.05) is 0 Å². The molecule has 0 unspecified atom stereocenters. The van der Waals surface area contributed by atoms with E-state index in [9.17, 15) is 0 Å². The van der Waals surface area contributed by atoms with Crippen molar-refractivity contribution >= 4 is 21.9 Å². The topological polar surface area (TPSA) is 0 Å². The van der Waals surface area contributed by atoms with Gasteiger partial charge in [-0.15, -0.1) is 0 Å². The van der Waals surface area contributed by atoms with Crippen LogP contribution in [0.3, 0.4) is 0 Å². The van der Waals surface area contributed by atoms with Crippen LogP contribution in [0.2, 0.25) is 0 Å². The zero-order valence-corrected chi connectivity index (χ0v) is 8.46. The monoisotopic (exact) mass is 180 g/mol. The molecule has 0 N–H and O–H groups in total. The Bertz CT molecular complexity index is 513. The molecule has 0 bridgehead atoms. The third-order valence-corrected chi connectivity index (χ3v) is 3.28. The minimum Gasteiger partial charge on any atom is -0.0610 e. The Hall–Kier alpha value is -1.56. The lowest BCUT2D eigenvalue weighted by atomic mass is 10.0. The smallest absolute Gasteiger partial charge is 0.00333 e. The summed E-state index contributed by atoms with van der Waals surface area (Å²) in [4.78, 5) is 0. The molecule has 0 heteroatoms. The molecule has 0 heterocycles. The van der Waals surface area contributed by atoms with E-state index >= 15 is 0 Å². The molecular weight excluding hydrogens is 168 g/mol. The number of hydrogen-bond donors (Lipinski definition) is 0. The van der Waals surface area contributed by atoms with Crippen molar-refractivity contribution in [3.8, 4) is 0 Å². The van der Waals surface area contributed by atoms with Gasteiger partial charge in [0.05, 0.1) is 0 Å². The molecule has 0 aliphatic heterocycles. The summed E-state index contributed by atoms with van der Waals surface area (Å²) >= 11 is 0. The van der Waals surface area contributed by atoms with Crippen LogP contribution in [0.5, 0.6) is 0 Å². The average Bonchev–Trinajstić information content (AvgIpc) is 2.47. The van der Waals surface area contributed by atoms with Gasteiger partial charge in [0.25, 0.3) is 0 Å². The second-order valence-corrected chi connectivity index (χ2v) is 3.96. The van der Waals surface area contributed by atoms with E-state index in [-0.39, 0.29) is 0 Å². The van der Waals surface area contributed by atoms with Crippen LogP contribution in [0.4, 0.5) is 0 Å². The molecule has 1 aliphatic carbocycles. The lowest BCUT2D eigenvalue weighted by Crippen LogP contribution is -1.78. The quantitative estimate of drug-likeness (QED) is 0.572. The minimum atomic E-state index is 1.36. The molecule has 0 fully saturated rings. The highest BCUT2D eigenvalue weighted by Crippen LogP contribution is 2.40. The zero-order chi connectivity index (χ0) is 9.71. The summed E-state index contributed by atoms with van der Waals surface area (Å²) in [6, 6.07) is 13.1. The molecule has 0 atom stereocenters. The van der Waals surface area contributed by atoms with E-state index in [0.717, 1.165) is 0 Å². The predicted molar refractivity (Wildman–Crippen MR) is 62.1 cm³/mol. The zero-order valence-electron chi connectivity index (χ0n) is 8.46. The molecule has 0 amide bonds. The van der Waals surface area contributed by atoms with Crippen molar-refractivity contribution < 1.29 is 0 Å². The first-order chi connectivity index (χ1) is 6.79. The maximum absolute atomic E-state index is 2.22. The lowest BCUT2D eigenvalue weighted by Gasteiger charge is -2.01. The van der Waals surface area contributed by atoms with Gasteiger partial charge in [0.15, 0.2) is 0 Å². The average molecular weight is 180 g/mol. The molecule has 68 valence electrons. The second-order valence-electron chi connectivity index (χ2n) is 3.96. The van der Waals surface area contributed by atoms with Crippen LogP contribution in [0, 0.1) is 0 Å². The fourth-order valence-corrected chi connectivity index (χ4v) is 2.37. The summed E-state index contributed by atoms with van der Waals surface area (Å²) < 4.78 is 0. The first-order valence-corrected chi connectivity index (χ1v) is 4.99. The number of rotatable bonds is 0. The molecule has 0 nitrogen and oxygen atoms in total. The summed E-state index contributed by atoms with van der Waals surface area (Å²) in [5.74, 6) is 0. The largest absolute Gasteiger partial charge is 0.0610 e. The van der Waals surface area contributed by atoms with Crippen molar-refractivity contribution in [1.29, 1.82) is 0 Å². The van der Waals surface area contributed by atoms with E-state index in [1.165, 1.54) is 33.0 Å². The fourth-order valence-electron chi connectivity index (χ4n) is 2.37. The van der Waals surface area contributed by atoms with Crippen LogP contribution < -0.4 is 0 Å². The third kappa shape index (κ3) is 0.784. The normalized spacial score (nSPS) is 14.1. The Morgan fingerprint density at radius 1 is 0.714 bits per heavy atom. The molecule has 2 aromatic rings. The van der Waals surface area contributed by atoms with Gasteiger partial charge in [0.1, 0.15) is 0 Å². The van der Waals surface area contributed by atoms with Crippen molar-refractivity contribution in [2.45, 2.75) is 13.8 Å². The maximum Gasteiger partial charge on any atom is -0.00333 e. The molecule has 0 spiro atoms. The van der Waals surface area contributed by atoms with Crippen LogP contribution in [0.25, 0.3) is 21.9 Å². The van der Waals surface area contributed by atoms with Crippen molar-refractivity contribution in [3.63, 3.8) is 0 Å². The molecule has 0 aromatic heterocycles. The van der Waals surface area contributed by atoms with Crippen LogP contribution >= 0.6 is 0 Å². The maximum atomic E-state index is 2.22. The highest BCUT2D eigenvalue weighted by Gasteiger charge is 2.17. The summed E-state index contributed by atoms with van der Waals surface area (Å²) in [6.45, 7) is 4.42. The molecule has 0 saturated carbocycles. The standard InChI is InChI=1S/C14H12/c1-9-10(2)13-8-4-6-11-5-3-7-12(9)14(11)13/h3-8H,1-2H3. The van der Waals surface area contributed by atoms with Gasteiger partial charge < -0.3 is 0 Å². The Kier molecular flexibility index (Phi) is 1.38. The van der Waals surface area contributed by atoms with Gasteiger partial charge in [0.2, 0.25) is 0 Å². The van der Waals surface area contributed by atoms with Crippen molar-refractivity contribution in [3.05, 3.63) is 47.5 Å². The molecule has 3 rings (SSSR count). The molecule has 0 saturated heterocycles. The van der Waals surface area contributed by atoms with Gasteiger partial charge >= 0.3 is 0 Å². The Morgan fingerprint density at radius 3 is 1.71 bits per heavy atom. The molecule has 0 radical (unpaired) electrons. The summed E-state index contributed by atoms with van der Waals surface area (Å²) in [7, 11) is 0. The number of hydrogen-bond acceptors (Lipinski definition) is 0. The fraction of sp³-hybridized carbons (Fsp3) is 0.143. The summed E-state index contributed by atoms with van der Waals surface area (Å²) in [5, 5.41) is 2.79. The minimum absolute atomic E-state index is 1.36. The van der Waals surface area contributed by atoms with E-state index in [4.69, 9.17) is 0 Å². The SMILES string of the molecule is CC1=C(C)c2cccc3cccc1c23. The predicted octanol–water partition coefficient (Wildman–Crippen LogP) is 4.10. The Labute approximate surface area is 83.9 Å². The van der Waals surface area contributed by atoms with Gasteiger partial charge in [-0.1, -0.05) is 36.4 Å². The van der Waals surface area contributed by atoms with E-state index in [0.29, 0.717) is 0 Å². The first kappa shape index (κ1) is 7.81. The van der Waals surface area contributed by atoms with Gasteiger partial charge in [-0.2, -0.15) is 0 Å². The van der Waals surface area contributed by atoms with E-state index in [2.05, 4.69) is 50.2 Å². The van der Waals surface area contributed by atoms with Crippen LogP contribution in [0.15, 0.2) is 36.4 Å². The van der Waals surface area contributed by atoms with Crippen molar-refractivity contribution in [1.82, 2.24) is 0 Å². The number of allylic oxidation sites excluding steroid dienone is 2. The van der Waals surface area contributed by atoms with Gasteiger partial charge in [-0.05, 0) is 46.9 Å². The molecule has 14 heavy (non-hydrogen) atoms. The van der Waals surface area contributed by atoms with Crippen LogP contribution in [-0.4, -0.2) is 0 Å². The first-order valence-electron chi connectivity index (χ1n) is 4.99. The van der Waals surface area contributed by atoms with E-state index < -0.39 is 0 Å². The number of benzene rings is 2. The Balaban J connectivity index is 2.59. The highest BCUT2D eigenvalue weighted by atomic mass is 14.2. The molecular formula is C14H12. The summed E-state index contributed by atoms with van der Waals surface area (Å²) in [5.41, 5.74) is 5.68. The van der Waals surface area contributed by atoms with Crippen LogP contribution in [0.1, 0.15) is 25.0 Å². The van der Waals surface area contributed by atoms with E-state index in [1.54, 1.807) is 0 Å². The summed E-state index contributed by atoms with van der Waals surface area (Å²) in [6.07, 6.45) is 0. The highest BCUT2D eigenvalue weighted by molar-refractivity contribution is 6.12. The van der Waals surface area contributed by atoms with Gasteiger partial charge in [-0.25, -0.2) is 0 Å². The molecule has 2 aromatic carbocycles. The third-order valence-electron chi connectivity index (χ3n) is 3.28. The second kappa shape index (κ2) is 2.48. The van der Waals surface area contributed by atoms with Crippen molar-refractivity contribution in [2.24, 2.45) is 0 Å². The Morgan fingerprint density at radius 2 is 1.21 bits per heavy atom. The van der Waals surface area contributed by atoms with E-state index in [1.807, 2.05) is 0 Å². The van der Waals surface area contributed by atoms with Gasteiger partial charge in [-0.3, -0.25) is 0 Å². The van der Waals surface area contributed by atoms with Gasteiger partial charge in [0, 0.05) is 0 Å². The van der Waals surface area contributed by atoms with Crippen LogP contribution in [-0.2, 0) is 0 Å². The molecule has 1 aliphatic rings. The lowest BCUT2D eigenvalue weighted by molar-refractivity contribution is 1.65.